The second kappa shape index (κ2) is 12.3. The van der Waals surface area contributed by atoms with Crippen molar-refractivity contribution in [3.05, 3.63) is 54.1 Å². The Balaban J connectivity index is 1.81. The van der Waals surface area contributed by atoms with E-state index in [-0.39, 0.29) is 5.56 Å². The minimum Gasteiger partial charge on any atom is -0.494 e. The zero-order chi connectivity index (χ0) is 22.7. The number of benzene rings is 2. The van der Waals surface area contributed by atoms with Crippen LogP contribution in [0.4, 0.5) is 13.2 Å². The van der Waals surface area contributed by atoms with Gasteiger partial charge in [0.15, 0.2) is 5.78 Å². The Kier molecular flexibility index (Phi) is 9.76. The first-order valence-electron chi connectivity index (χ1n) is 10.8. The van der Waals surface area contributed by atoms with Crippen LogP contribution < -0.4 is 4.74 Å². The lowest BCUT2D eigenvalue weighted by atomic mass is 10.0. The molecule has 0 fully saturated rings. The van der Waals surface area contributed by atoms with Gasteiger partial charge in [0.2, 0.25) is 5.78 Å². The van der Waals surface area contributed by atoms with Crippen LogP contribution in [0.5, 0.6) is 5.75 Å². The summed E-state index contributed by atoms with van der Waals surface area (Å²) in [7, 11) is 0. The topological polar surface area (TPSA) is 43.4 Å². The SMILES string of the molecule is CCCCCCCCCOc1ccc(-c2ccc(C(=O)CC(=O)C(F)(F)F)cc2)cc1. The molecule has 0 aliphatic heterocycles. The minimum absolute atomic E-state index is 0.0796. The van der Waals surface area contributed by atoms with Gasteiger partial charge in [-0.1, -0.05) is 81.8 Å². The maximum atomic E-state index is 12.3. The number of alkyl halides is 3. The summed E-state index contributed by atoms with van der Waals surface area (Å²) in [5.41, 5.74) is 1.79. The Morgan fingerprint density at radius 2 is 1.29 bits per heavy atom. The van der Waals surface area contributed by atoms with Crippen molar-refractivity contribution in [3.63, 3.8) is 0 Å². The number of carbonyl (C=O) groups is 2. The quantitative estimate of drug-likeness (QED) is 0.190. The fourth-order valence-corrected chi connectivity index (χ4v) is 3.19. The van der Waals surface area contributed by atoms with E-state index in [2.05, 4.69) is 6.92 Å². The third-order valence-corrected chi connectivity index (χ3v) is 5.05. The summed E-state index contributed by atoms with van der Waals surface area (Å²) in [6, 6.07) is 13.7. The van der Waals surface area contributed by atoms with Gasteiger partial charge in [-0.15, -0.1) is 0 Å². The molecule has 0 saturated heterocycles. The van der Waals surface area contributed by atoms with Gasteiger partial charge in [0.05, 0.1) is 13.0 Å². The molecule has 6 heteroatoms. The molecule has 0 atom stereocenters. The molecule has 0 spiro atoms. The van der Waals surface area contributed by atoms with Crippen LogP contribution in [-0.4, -0.2) is 24.3 Å². The van der Waals surface area contributed by atoms with Gasteiger partial charge in [-0.25, -0.2) is 0 Å². The van der Waals surface area contributed by atoms with Gasteiger partial charge in [0.25, 0.3) is 0 Å². The lowest BCUT2D eigenvalue weighted by Gasteiger charge is -2.08. The highest BCUT2D eigenvalue weighted by molar-refractivity contribution is 6.09. The van der Waals surface area contributed by atoms with Crippen LogP contribution in [0, 0.1) is 0 Å². The van der Waals surface area contributed by atoms with Crippen molar-refractivity contribution < 1.29 is 27.5 Å². The summed E-state index contributed by atoms with van der Waals surface area (Å²) < 4.78 is 42.7. The van der Waals surface area contributed by atoms with E-state index in [0.29, 0.717) is 6.61 Å². The Bertz CT molecular complexity index is 825. The molecule has 0 N–H and O–H groups in total. The van der Waals surface area contributed by atoms with E-state index in [9.17, 15) is 22.8 Å². The first-order chi connectivity index (χ1) is 14.8. The van der Waals surface area contributed by atoms with E-state index in [1.807, 2.05) is 24.3 Å². The maximum absolute atomic E-state index is 12.3. The van der Waals surface area contributed by atoms with E-state index < -0.39 is 24.2 Å². The zero-order valence-corrected chi connectivity index (χ0v) is 17.8. The predicted molar refractivity (Wildman–Crippen MR) is 115 cm³/mol. The fourth-order valence-electron chi connectivity index (χ4n) is 3.19. The van der Waals surface area contributed by atoms with Crippen LogP contribution in [0.3, 0.4) is 0 Å². The second-order valence-corrected chi connectivity index (χ2v) is 7.59. The number of Topliss-reactive ketones (excluding diaryl/α,β-unsaturated/α-hetero) is 2. The van der Waals surface area contributed by atoms with E-state index in [1.54, 1.807) is 12.1 Å². The van der Waals surface area contributed by atoms with Crippen molar-refractivity contribution in [1.82, 2.24) is 0 Å². The molecular formula is C25H29F3O3. The molecule has 168 valence electrons. The molecule has 0 aliphatic rings. The van der Waals surface area contributed by atoms with Gasteiger partial charge < -0.3 is 4.74 Å². The van der Waals surface area contributed by atoms with Crippen molar-refractivity contribution in [2.75, 3.05) is 6.61 Å². The Morgan fingerprint density at radius 1 is 0.774 bits per heavy atom. The molecule has 0 bridgehead atoms. The van der Waals surface area contributed by atoms with Crippen LogP contribution in [0.2, 0.25) is 0 Å². The second-order valence-electron chi connectivity index (χ2n) is 7.59. The van der Waals surface area contributed by atoms with Gasteiger partial charge in [-0.2, -0.15) is 13.2 Å². The first kappa shape index (κ1) is 24.6. The van der Waals surface area contributed by atoms with Gasteiger partial charge in [0, 0.05) is 5.56 Å². The average molecular weight is 434 g/mol. The highest BCUT2D eigenvalue weighted by atomic mass is 19.4. The Morgan fingerprint density at radius 3 is 1.84 bits per heavy atom. The third kappa shape index (κ3) is 8.56. The molecule has 0 heterocycles. The van der Waals surface area contributed by atoms with Crippen LogP contribution in [0.15, 0.2) is 48.5 Å². The average Bonchev–Trinajstić information content (AvgIpc) is 2.75. The minimum atomic E-state index is -4.99. The normalized spacial score (nSPS) is 11.4. The van der Waals surface area contributed by atoms with Crippen molar-refractivity contribution in [1.29, 1.82) is 0 Å². The summed E-state index contributed by atoms with van der Waals surface area (Å²) in [5, 5.41) is 0. The summed E-state index contributed by atoms with van der Waals surface area (Å²) in [6.45, 7) is 2.89. The number of ketones is 2. The van der Waals surface area contributed by atoms with Gasteiger partial charge in [-0.05, 0) is 29.7 Å². The molecule has 2 aromatic rings. The van der Waals surface area contributed by atoms with Crippen LogP contribution in [-0.2, 0) is 4.79 Å². The molecule has 0 saturated carbocycles. The highest BCUT2D eigenvalue weighted by Gasteiger charge is 2.39. The van der Waals surface area contributed by atoms with Crippen LogP contribution in [0.1, 0.15) is 68.6 Å². The van der Waals surface area contributed by atoms with Crippen molar-refractivity contribution >= 4 is 11.6 Å². The molecule has 0 unspecified atom stereocenters. The van der Waals surface area contributed by atoms with Crippen molar-refractivity contribution in [2.45, 2.75) is 64.5 Å². The monoisotopic (exact) mass is 434 g/mol. The molecule has 2 rings (SSSR count). The van der Waals surface area contributed by atoms with E-state index in [1.165, 1.54) is 50.7 Å². The molecule has 0 radical (unpaired) electrons. The Hall–Kier alpha value is -2.63. The third-order valence-electron chi connectivity index (χ3n) is 5.05. The molecule has 0 aromatic heterocycles. The lowest BCUT2D eigenvalue weighted by Crippen LogP contribution is -2.25. The fraction of sp³-hybridized carbons (Fsp3) is 0.440. The van der Waals surface area contributed by atoms with E-state index >= 15 is 0 Å². The van der Waals surface area contributed by atoms with Gasteiger partial charge in [-0.3, -0.25) is 9.59 Å². The molecule has 0 aliphatic carbocycles. The van der Waals surface area contributed by atoms with Gasteiger partial charge in [0.1, 0.15) is 5.75 Å². The predicted octanol–water partition coefficient (Wildman–Crippen LogP) is 7.19. The summed E-state index contributed by atoms with van der Waals surface area (Å²) >= 11 is 0. The van der Waals surface area contributed by atoms with E-state index in [0.717, 1.165) is 23.3 Å². The molecular weight excluding hydrogens is 405 g/mol. The number of carbonyl (C=O) groups excluding carboxylic acids is 2. The smallest absolute Gasteiger partial charge is 0.450 e. The number of halogens is 3. The summed E-state index contributed by atoms with van der Waals surface area (Å²) in [6.07, 6.45) is 2.42. The largest absolute Gasteiger partial charge is 0.494 e. The molecule has 31 heavy (non-hydrogen) atoms. The lowest BCUT2D eigenvalue weighted by molar-refractivity contribution is -0.170. The highest BCUT2D eigenvalue weighted by Crippen LogP contribution is 2.24. The number of hydrogen-bond donors (Lipinski definition) is 0. The first-order valence-corrected chi connectivity index (χ1v) is 10.8. The van der Waals surface area contributed by atoms with Crippen LogP contribution >= 0.6 is 0 Å². The molecule has 2 aromatic carbocycles. The van der Waals surface area contributed by atoms with Crippen molar-refractivity contribution in [2.24, 2.45) is 0 Å². The van der Waals surface area contributed by atoms with Crippen molar-refractivity contribution in [3.8, 4) is 16.9 Å². The van der Waals surface area contributed by atoms with Crippen LogP contribution in [0.25, 0.3) is 11.1 Å². The number of hydrogen-bond acceptors (Lipinski definition) is 3. The molecule has 0 amide bonds. The zero-order valence-electron chi connectivity index (χ0n) is 17.8. The summed E-state index contributed by atoms with van der Waals surface area (Å²) in [4.78, 5) is 22.8. The summed E-state index contributed by atoms with van der Waals surface area (Å²) in [5.74, 6) is -2.09. The number of unbranched alkanes of at least 4 members (excludes halogenated alkanes) is 6. The van der Waals surface area contributed by atoms with Gasteiger partial charge >= 0.3 is 6.18 Å². The Labute approximate surface area is 181 Å². The van der Waals surface area contributed by atoms with E-state index in [4.69, 9.17) is 4.74 Å². The number of ether oxygens (including phenoxy) is 1. The molecule has 3 nitrogen and oxygen atoms in total. The number of rotatable bonds is 13. The maximum Gasteiger partial charge on any atom is 0.450 e. The standard InChI is InChI=1S/C25H29F3O3/c1-2-3-4-5-6-7-8-17-31-22-15-13-20(14-16-22)19-9-11-21(12-10-19)23(29)18-24(30)25(26,27)28/h9-16H,2-8,17-18H2,1H3.